The number of amides is 2. The van der Waals surface area contributed by atoms with Gasteiger partial charge in [-0.1, -0.05) is 30.3 Å². The van der Waals surface area contributed by atoms with Gasteiger partial charge in [-0.25, -0.2) is 0 Å². The van der Waals surface area contributed by atoms with Crippen molar-refractivity contribution in [3.63, 3.8) is 0 Å². The first-order valence-electron chi connectivity index (χ1n) is 9.29. The van der Waals surface area contributed by atoms with Crippen molar-refractivity contribution in [3.8, 4) is 11.5 Å². The number of carbonyl (C=O) groups excluding carboxylic acids is 2. The maximum Gasteiger partial charge on any atom is 0.408 e. The van der Waals surface area contributed by atoms with Crippen LogP contribution in [0.2, 0.25) is 0 Å². The molecule has 1 saturated heterocycles. The zero-order chi connectivity index (χ0) is 20.8. The number of benzene rings is 2. The molecule has 2 N–H and O–H groups in total. The van der Waals surface area contributed by atoms with Gasteiger partial charge in [0.1, 0.15) is 23.5 Å². The number of para-hydroxylation sites is 1. The minimum Gasteiger partial charge on any atom is -0.457 e. The number of nitrogens with one attached hydrogen (secondary N) is 2. The van der Waals surface area contributed by atoms with E-state index in [2.05, 4.69) is 5.32 Å². The lowest BCUT2D eigenvalue weighted by molar-refractivity contribution is -0.171. The van der Waals surface area contributed by atoms with E-state index in [4.69, 9.17) is 4.74 Å². The Morgan fingerprint density at radius 1 is 1.10 bits per heavy atom. The fourth-order valence-corrected chi connectivity index (χ4v) is 3.77. The molecule has 1 fully saturated rings. The minimum absolute atomic E-state index is 0.159. The smallest absolute Gasteiger partial charge is 0.408 e. The van der Waals surface area contributed by atoms with E-state index in [1.807, 2.05) is 48.6 Å². The fraction of sp³-hybridized carbons (Fsp3) is 0.333. The molecule has 0 bridgehead atoms. The molecule has 3 atom stereocenters. The van der Waals surface area contributed by atoms with Crippen LogP contribution >= 0.6 is 0 Å². The normalized spacial score (nSPS) is 23.3. The lowest BCUT2D eigenvalue weighted by Gasteiger charge is -2.33. The van der Waals surface area contributed by atoms with Gasteiger partial charge in [0.2, 0.25) is 11.8 Å². The number of carbonyl (C=O) groups is 2. The highest BCUT2D eigenvalue weighted by atomic mass is 19.4. The van der Waals surface area contributed by atoms with Gasteiger partial charge in [-0.2, -0.15) is 13.2 Å². The summed E-state index contributed by atoms with van der Waals surface area (Å²) in [5, 5.41) is 4.76. The number of aryl methyl sites for hydroxylation is 1. The first kappa shape index (κ1) is 19.3. The molecule has 0 spiro atoms. The number of hydrogen-bond donors (Lipinski definition) is 2. The van der Waals surface area contributed by atoms with E-state index in [0.717, 1.165) is 16.7 Å². The molecule has 4 rings (SSSR count). The topological polar surface area (TPSA) is 67.4 Å². The highest BCUT2D eigenvalue weighted by molar-refractivity contribution is 6.01. The minimum atomic E-state index is -4.52. The number of piperidine rings is 1. The molecule has 152 valence electrons. The van der Waals surface area contributed by atoms with Crippen molar-refractivity contribution in [1.82, 2.24) is 10.6 Å². The molecule has 8 heteroatoms. The summed E-state index contributed by atoms with van der Waals surface area (Å²) in [4.78, 5) is 25.0. The van der Waals surface area contributed by atoms with Crippen molar-refractivity contribution in [2.75, 3.05) is 0 Å². The largest absolute Gasteiger partial charge is 0.457 e. The second kappa shape index (κ2) is 7.09. The lowest BCUT2D eigenvalue weighted by Crippen LogP contribution is -2.54. The Hall–Kier alpha value is -3.03. The van der Waals surface area contributed by atoms with Gasteiger partial charge in [0.05, 0.1) is 6.04 Å². The van der Waals surface area contributed by atoms with Gasteiger partial charge in [-0.3, -0.25) is 9.59 Å². The summed E-state index contributed by atoms with van der Waals surface area (Å²) >= 11 is 0. The highest BCUT2D eigenvalue weighted by Crippen LogP contribution is 2.43. The van der Waals surface area contributed by atoms with Crippen LogP contribution in [-0.4, -0.2) is 24.0 Å². The first-order valence-corrected chi connectivity index (χ1v) is 9.29. The molecule has 0 radical (unpaired) electrons. The van der Waals surface area contributed by atoms with Crippen LogP contribution in [-0.2, 0) is 9.59 Å². The first-order chi connectivity index (χ1) is 13.7. The van der Waals surface area contributed by atoms with Crippen LogP contribution in [0.4, 0.5) is 13.2 Å². The summed E-state index contributed by atoms with van der Waals surface area (Å²) in [5.74, 6) is -1.49. The molecular formula is C21H19F3N2O3. The van der Waals surface area contributed by atoms with Crippen LogP contribution in [0.25, 0.3) is 0 Å². The van der Waals surface area contributed by atoms with Crippen LogP contribution < -0.4 is 15.4 Å². The molecule has 2 heterocycles. The lowest BCUT2D eigenvalue weighted by atomic mass is 9.90. The summed E-state index contributed by atoms with van der Waals surface area (Å²) < 4.78 is 44.5. The highest BCUT2D eigenvalue weighted by Gasteiger charge is 2.46. The summed E-state index contributed by atoms with van der Waals surface area (Å²) in [6, 6.07) is 10.3. The number of halogens is 3. The third-order valence-electron chi connectivity index (χ3n) is 5.31. The summed E-state index contributed by atoms with van der Waals surface area (Å²) in [6.07, 6.45) is -5.01. The third kappa shape index (κ3) is 3.66. The maximum atomic E-state index is 12.8. The number of alkyl halides is 3. The van der Waals surface area contributed by atoms with Gasteiger partial charge in [0, 0.05) is 11.1 Å². The molecule has 0 saturated carbocycles. The quantitative estimate of drug-likeness (QED) is 0.749. The third-order valence-corrected chi connectivity index (χ3v) is 5.31. The monoisotopic (exact) mass is 404 g/mol. The van der Waals surface area contributed by atoms with Crippen LogP contribution in [0.1, 0.15) is 35.6 Å². The molecular weight excluding hydrogens is 385 g/mol. The Bertz CT molecular complexity index is 974. The maximum absolute atomic E-state index is 12.8. The Labute approximate surface area is 165 Å². The average molecular weight is 404 g/mol. The summed E-state index contributed by atoms with van der Waals surface area (Å²) in [7, 11) is 0. The van der Waals surface area contributed by atoms with Crippen molar-refractivity contribution in [1.29, 1.82) is 0 Å². The molecule has 3 unspecified atom stereocenters. The van der Waals surface area contributed by atoms with Gasteiger partial charge < -0.3 is 15.4 Å². The predicted molar refractivity (Wildman–Crippen MR) is 98.4 cm³/mol. The summed E-state index contributed by atoms with van der Waals surface area (Å²) in [5.41, 5.74) is 2.44. The molecule has 0 aromatic heterocycles. The second-order valence-corrected chi connectivity index (χ2v) is 7.36. The fourth-order valence-electron chi connectivity index (χ4n) is 3.77. The van der Waals surface area contributed by atoms with Crippen molar-refractivity contribution in [2.45, 2.75) is 38.0 Å². The Balaban J connectivity index is 1.58. The Morgan fingerprint density at radius 3 is 2.55 bits per heavy atom. The van der Waals surface area contributed by atoms with Crippen LogP contribution in [0.15, 0.2) is 42.5 Å². The molecule has 5 nitrogen and oxygen atoms in total. The zero-order valence-corrected chi connectivity index (χ0v) is 15.5. The molecule has 2 aliphatic heterocycles. The van der Waals surface area contributed by atoms with Crippen molar-refractivity contribution >= 4 is 11.8 Å². The zero-order valence-electron chi connectivity index (χ0n) is 15.5. The number of hydrogen-bond acceptors (Lipinski definition) is 3. The number of fused-ring (bicyclic) bond motifs is 2. The SMILES string of the molecule is Cc1ccc2c(c1)Oc1ccccc1C2NC(=O)C1CCC(C(F)(F)F)NC1=O. The van der Waals surface area contributed by atoms with E-state index in [9.17, 15) is 22.8 Å². The average Bonchev–Trinajstić information content (AvgIpc) is 2.66. The van der Waals surface area contributed by atoms with Crippen LogP contribution in [0, 0.1) is 12.8 Å². The van der Waals surface area contributed by atoms with E-state index in [-0.39, 0.29) is 12.8 Å². The van der Waals surface area contributed by atoms with Gasteiger partial charge in [-0.05, 0) is 37.5 Å². The van der Waals surface area contributed by atoms with E-state index >= 15 is 0 Å². The number of rotatable bonds is 2. The van der Waals surface area contributed by atoms with Gasteiger partial charge in [0.15, 0.2) is 0 Å². The Kier molecular flexibility index (Phi) is 4.72. The van der Waals surface area contributed by atoms with Crippen molar-refractivity contribution < 1.29 is 27.5 Å². The van der Waals surface area contributed by atoms with Gasteiger partial charge in [-0.15, -0.1) is 0 Å². The van der Waals surface area contributed by atoms with Crippen molar-refractivity contribution in [2.24, 2.45) is 5.92 Å². The van der Waals surface area contributed by atoms with E-state index < -0.39 is 36.0 Å². The molecule has 0 aliphatic carbocycles. The van der Waals surface area contributed by atoms with E-state index in [1.165, 1.54) is 0 Å². The molecule has 29 heavy (non-hydrogen) atoms. The predicted octanol–water partition coefficient (Wildman–Crippen LogP) is 3.76. The number of ether oxygens (including phenoxy) is 1. The standard InChI is InChI=1S/C21H19F3N2O3/c1-11-6-7-13-16(10-11)29-15-5-3-2-4-12(15)18(13)26-20(28)14-8-9-17(21(22,23)24)25-19(14)27/h2-7,10,14,17-18H,8-9H2,1H3,(H,25,27)(H,26,28). The molecule has 2 aromatic rings. The molecule has 2 aromatic carbocycles. The van der Waals surface area contributed by atoms with Crippen molar-refractivity contribution in [3.05, 3.63) is 59.2 Å². The van der Waals surface area contributed by atoms with Gasteiger partial charge >= 0.3 is 6.18 Å². The second-order valence-electron chi connectivity index (χ2n) is 7.36. The van der Waals surface area contributed by atoms with Gasteiger partial charge in [0.25, 0.3) is 0 Å². The van der Waals surface area contributed by atoms with E-state index in [1.54, 1.807) is 6.07 Å². The summed E-state index contributed by atoms with van der Waals surface area (Å²) in [6.45, 7) is 1.92. The van der Waals surface area contributed by atoms with E-state index in [0.29, 0.717) is 11.5 Å². The molecule has 2 aliphatic rings. The van der Waals surface area contributed by atoms with Crippen LogP contribution in [0.5, 0.6) is 11.5 Å². The molecule has 2 amide bonds. The Morgan fingerprint density at radius 2 is 1.83 bits per heavy atom. The van der Waals surface area contributed by atoms with Crippen LogP contribution in [0.3, 0.4) is 0 Å².